The molecule has 0 saturated carbocycles. The van der Waals surface area contributed by atoms with Crippen LogP contribution in [0.2, 0.25) is 0 Å². The minimum Gasteiger partial charge on any atom is -0.534 e. The van der Waals surface area contributed by atoms with Crippen molar-refractivity contribution in [3.63, 3.8) is 0 Å². The molecule has 26 heavy (non-hydrogen) atoms. The van der Waals surface area contributed by atoms with Crippen LogP contribution in [0.3, 0.4) is 0 Å². The SMILES string of the molecule is CCC(CC)C(=O)OCOC(=O)c1cccc2c1OB(O)C(NC=O)C2. The molecule has 8 nitrogen and oxygen atoms in total. The molecule has 1 amide bonds. The first-order valence-corrected chi connectivity index (χ1v) is 8.51. The van der Waals surface area contributed by atoms with Crippen LogP contribution in [0.25, 0.3) is 0 Å². The maximum atomic E-state index is 12.3. The first-order valence-electron chi connectivity index (χ1n) is 8.51. The number of hydrogen-bond acceptors (Lipinski definition) is 7. The fraction of sp³-hybridized carbons (Fsp3) is 0.471. The van der Waals surface area contributed by atoms with E-state index in [1.54, 1.807) is 12.1 Å². The Morgan fingerprint density at radius 3 is 2.77 bits per heavy atom. The maximum Gasteiger partial charge on any atom is 0.547 e. The molecule has 2 rings (SSSR count). The summed E-state index contributed by atoms with van der Waals surface area (Å²) in [4.78, 5) is 34.6. The molecule has 1 atom stereocenters. The number of carbonyl (C=O) groups is 3. The molecule has 0 aromatic heterocycles. The van der Waals surface area contributed by atoms with E-state index < -0.39 is 31.8 Å². The minimum atomic E-state index is -1.28. The third-order valence-electron chi connectivity index (χ3n) is 4.33. The molecule has 0 bridgehead atoms. The van der Waals surface area contributed by atoms with E-state index >= 15 is 0 Å². The fourth-order valence-electron chi connectivity index (χ4n) is 2.77. The molecule has 2 N–H and O–H groups in total. The smallest absolute Gasteiger partial charge is 0.534 e. The van der Waals surface area contributed by atoms with Crippen molar-refractivity contribution in [2.75, 3.05) is 6.79 Å². The zero-order valence-corrected chi connectivity index (χ0v) is 14.8. The van der Waals surface area contributed by atoms with Crippen molar-refractivity contribution >= 4 is 25.5 Å². The van der Waals surface area contributed by atoms with E-state index in [-0.39, 0.29) is 17.2 Å². The Bertz CT molecular complexity index is 663. The van der Waals surface area contributed by atoms with Crippen molar-refractivity contribution in [2.45, 2.75) is 39.1 Å². The van der Waals surface area contributed by atoms with Gasteiger partial charge in [0.2, 0.25) is 13.2 Å². The Balaban J connectivity index is 2.01. The normalized spacial score (nSPS) is 15.7. The van der Waals surface area contributed by atoms with E-state index in [0.717, 1.165) is 0 Å². The summed E-state index contributed by atoms with van der Waals surface area (Å²) in [5.41, 5.74) is 0.766. The molecule has 1 aliphatic rings. The number of carbonyl (C=O) groups excluding carboxylic acids is 3. The highest BCUT2D eigenvalue weighted by molar-refractivity contribution is 6.46. The van der Waals surface area contributed by atoms with Gasteiger partial charge in [0.15, 0.2) is 0 Å². The van der Waals surface area contributed by atoms with Crippen LogP contribution in [-0.4, -0.2) is 43.2 Å². The maximum absolute atomic E-state index is 12.3. The van der Waals surface area contributed by atoms with E-state index in [1.165, 1.54) is 6.07 Å². The molecule has 1 aromatic rings. The van der Waals surface area contributed by atoms with Gasteiger partial charge in [-0.05, 0) is 30.9 Å². The number of para-hydroxylation sites is 1. The molecular weight excluding hydrogens is 341 g/mol. The van der Waals surface area contributed by atoms with Gasteiger partial charge in [0.05, 0.1) is 11.9 Å². The van der Waals surface area contributed by atoms with Gasteiger partial charge in [-0.15, -0.1) is 0 Å². The second-order valence-corrected chi connectivity index (χ2v) is 5.92. The number of nitrogens with one attached hydrogen (secondary N) is 1. The minimum absolute atomic E-state index is 0.115. The highest BCUT2D eigenvalue weighted by Crippen LogP contribution is 2.30. The Hall–Kier alpha value is -2.55. The van der Waals surface area contributed by atoms with Crippen LogP contribution in [0.5, 0.6) is 5.75 Å². The lowest BCUT2D eigenvalue weighted by Crippen LogP contribution is -2.50. The van der Waals surface area contributed by atoms with Crippen molar-refractivity contribution < 1.29 is 33.5 Å². The van der Waals surface area contributed by atoms with E-state index in [0.29, 0.717) is 31.2 Å². The molecule has 1 aromatic carbocycles. The largest absolute Gasteiger partial charge is 0.547 e. The van der Waals surface area contributed by atoms with E-state index in [2.05, 4.69) is 5.32 Å². The summed E-state index contributed by atoms with van der Waals surface area (Å²) in [6.07, 6.45) is 2.09. The second kappa shape index (κ2) is 9.24. The molecule has 0 spiro atoms. The number of rotatable bonds is 8. The van der Waals surface area contributed by atoms with Crippen molar-refractivity contribution in [1.29, 1.82) is 0 Å². The van der Waals surface area contributed by atoms with Crippen LogP contribution < -0.4 is 9.97 Å². The van der Waals surface area contributed by atoms with Gasteiger partial charge < -0.3 is 24.5 Å². The summed E-state index contributed by atoms with van der Waals surface area (Å²) < 4.78 is 15.3. The zero-order valence-electron chi connectivity index (χ0n) is 14.8. The molecule has 0 aliphatic carbocycles. The van der Waals surface area contributed by atoms with E-state index in [9.17, 15) is 19.4 Å². The lowest BCUT2D eigenvalue weighted by atomic mass is 9.72. The summed E-state index contributed by atoms with van der Waals surface area (Å²) in [5.74, 6) is -1.77. The summed E-state index contributed by atoms with van der Waals surface area (Å²) in [7, 11) is -1.28. The number of benzene rings is 1. The predicted molar refractivity (Wildman–Crippen MR) is 92.2 cm³/mol. The van der Waals surface area contributed by atoms with Crippen molar-refractivity contribution in [3.8, 4) is 5.75 Å². The summed E-state index contributed by atoms with van der Waals surface area (Å²) in [6, 6.07) is 4.86. The molecule has 1 heterocycles. The molecule has 140 valence electrons. The van der Waals surface area contributed by atoms with Gasteiger partial charge in [0.1, 0.15) is 11.3 Å². The number of ether oxygens (including phenoxy) is 2. The fourth-order valence-corrected chi connectivity index (χ4v) is 2.77. The Labute approximate surface area is 152 Å². The van der Waals surface area contributed by atoms with Crippen LogP contribution in [0.1, 0.15) is 42.6 Å². The van der Waals surface area contributed by atoms with Gasteiger partial charge in [0, 0.05) is 0 Å². The molecule has 1 unspecified atom stereocenters. The van der Waals surface area contributed by atoms with Gasteiger partial charge in [-0.3, -0.25) is 9.59 Å². The average Bonchev–Trinajstić information content (AvgIpc) is 2.63. The van der Waals surface area contributed by atoms with E-state index in [4.69, 9.17) is 14.1 Å². The molecule has 1 aliphatic heterocycles. The number of fused-ring (bicyclic) bond motifs is 1. The monoisotopic (exact) mass is 363 g/mol. The van der Waals surface area contributed by atoms with Gasteiger partial charge in [0.25, 0.3) is 0 Å². The summed E-state index contributed by atoms with van der Waals surface area (Å²) >= 11 is 0. The average molecular weight is 363 g/mol. The number of hydrogen-bond donors (Lipinski definition) is 2. The van der Waals surface area contributed by atoms with Gasteiger partial charge in [-0.25, -0.2) is 4.79 Å². The highest BCUT2D eigenvalue weighted by atomic mass is 16.7. The van der Waals surface area contributed by atoms with Crippen LogP contribution in [0, 0.1) is 5.92 Å². The van der Waals surface area contributed by atoms with Crippen molar-refractivity contribution in [2.24, 2.45) is 5.92 Å². The Morgan fingerprint density at radius 2 is 2.12 bits per heavy atom. The first kappa shape index (κ1) is 19.8. The molecule has 0 radical (unpaired) electrons. The van der Waals surface area contributed by atoms with Crippen LogP contribution >= 0.6 is 0 Å². The Kier molecular flexibility index (Phi) is 7.02. The number of amides is 1. The van der Waals surface area contributed by atoms with Crippen LogP contribution in [-0.2, 0) is 25.5 Å². The third-order valence-corrected chi connectivity index (χ3v) is 4.33. The lowest BCUT2D eigenvalue weighted by molar-refractivity contribution is -0.157. The standard InChI is InChI=1S/C17H22BNO7/c1-3-11(4-2)16(21)24-10-25-17(22)13-7-5-6-12-8-14(19-9-20)18(23)26-15(12)13/h5-7,9,11,14,23H,3-4,8,10H2,1-2H3,(H,19,20). The van der Waals surface area contributed by atoms with E-state index in [1.807, 2.05) is 13.8 Å². The first-order chi connectivity index (χ1) is 12.5. The second-order valence-electron chi connectivity index (χ2n) is 5.92. The van der Waals surface area contributed by atoms with Crippen molar-refractivity contribution in [3.05, 3.63) is 29.3 Å². The van der Waals surface area contributed by atoms with Crippen LogP contribution in [0.15, 0.2) is 18.2 Å². The van der Waals surface area contributed by atoms with Crippen LogP contribution in [0.4, 0.5) is 0 Å². The highest BCUT2D eigenvalue weighted by Gasteiger charge is 2.36. The Morgan fingerprint density at radius 1 is 1.38 bits per heavy atom. The topological polar surface area (TPSA) is 111 Å². The molecule has 0 fully saturated rings. The lowest BCUT2D eigenvalue weighted by Gasteiger charge is -2.28. The summed E-state index contributed by atoms with van der Waals surface area (Å²) in [5, 5.41) is 12.4. The van der Waals surface area contributed by atoms with Gasteiger partial charge >= 0.3 is 19.1 Å². The van der Waals surface area contributed by atoms with Gasteiger partial charge in [-0.2, -0.15) is 0 Å². The zero-order chi connectivity index (χ0) is 19.1. The molecule has 0 saturated heterocycles. The summed E-state index contributed by atoms with van der Waals surface area (Å²) in [6.45, 7) is 3.27. The predicted octanol–water partition coefficient (Wildman–Crippen LogP) is 0.849. The molecular formula is C17H22BNO7. The van der Waals surface area contributed by atoms with Gasteiger partial charge in [-0.1, -0.05) is 26.0 Å². The molecule has 9 heteroatoms. The quantitative estimate of drug-likeness (QED) is 0.305. The number of esters is 2. The third kappa shape index (κ3) is 4.54. The van der Waals surface area contributed by atoms with Crippen molar-refractivity contribution in [1.82, 2.24) is 5.32 Å².